The number of rotatable bonds is 2. The number of imide groups is 1. The van der Waals surface area contributed by atoms with Crippen LogP contribution in [-0.2, 0) is 4.79 Å². The van der Waals surface area contributed by atoms with Gasteiger partial charge in [-0.1, -0.05) is 24.3 Å². The number of hydrogen-bond donors (Lipinski definition) is 0. The summed E-state index contributed by atoms with van der Waals surface area (Å²) in [5.41, 5.74) is 1.29. The zero-order chi connectivity index (χ0) is 17.6. The van der Waals surface area contributed by atoms with E-state index in [1.165, 1.54) is 17.1 Å². The molecule has 0 aliphatic carbocycles. The van der Waals surface area contributed by atoms with Crippen molar-refractivity contribution in [3.8, 4) is 0 Å². The van der Waals surface area contributed by atoms with Gasteiger partial charge in [0.15, 0.2) is 0 Å². The van der Waals surface area contributed by atoms with Gasteiger partial charge in [0.2, 0.25) is 5.91 Å². The third kappa shape index (κ3) is 2.41. The quantitative estimate of drug-likeness (QED) is 0.791. The number of fused-ring (bicyclic) bond motifs is 1. The van der Waals surface area contributed by atoms with Crippen molar-refractivity contribution in [3.63, 3.8) is 0 Å². The summed E-state index contributed by atoms with van der Waals surface area (Å²) in [5.74, 6) is -1.65. The third-order valence-corrected chi connectivity index (χ3v) is 4.66. The molecule has 2 aromatic carbocycles. The van der Waals surface area contributed by atoms with Crippen molar-refractivity contribution in [2.45, 2.75) is 25.3 Å². The van der Waals surface area contributed by atoms with Crippen molar-refractivity contribution in [1.29, 1.82) is 0 Å². The Labute approximate surface area is 143 Å². The number of benzene rings is 2. The van der Waals surface area contributed by atoms with E-state index in [1.807, 2.05) is 0 Å². The van der Waals surface area contributed by atoms with E-state index in [1.54, 1.807) is 36.4 Å². The molecular formula is C19H15FN2O3. The summed E-state index contributed by atoms with van der Waals surface area (Å²) in [4.78, 5) is 38.0. The van der Waals surface area contributed by atoms with Crippen LogP contribution in [0.3, 0.4) is 0 Å². The highest BCUT2D eigenvalue weighted by Crippen LogP contribution is 2.36. The van der Waals surface area contributed by atoms with Gasteiger partial charge >= 0.3 is 0 Å². The first-order chi connectivity index (χ1) is 12.1. The molecule has 5 nitrogen and oxygen atoms in total. The highest BCUT2D eigenvalue weighted by Gasteiger charge is 2.45. The summed E-state index contributed by atoms with van der Waals surface area (Å²) in [5, 5.41) is 2.20. The zero-order valence-electron chi connectivity index (χ0n) is 13.3. The molecule has 1 atom stereocenters. The van der Waals surface area contributed by atoms with Crippen LogP contribution in [0.25, 0.3) is 0 Å². The highest BCUT2D eigenvalue weighted by molar-refractivity contribution is 6.21. The van der Waals surface area contributed by atoms with Crippen molar-refractivity contribution in [2.24, 2.45) is 0 Å². The second-order valence-corrected chi connectivity index (χ2v) is 6.17. The maximum atomic E-state index is 13.2. The molecule has 25 heavy (non-hydrogen) atoms. The lowest BCUT2D eigenvalue weighted by Crippen LogP contribution is -2.52. The molecule has 2 heterocycles. The lowest BCUT2D eigenvalue weighted by molar-refractivity contribution is -0.150. The first-order valence-corrected chi connectivity index (χ1v) is 8.13. The predicted molar refractivity (Wildman–Crippen MR) is 86.8 cm³/mol. The van der Waals surface area contributed by atoms with Crippen LogP contribution in [0.5, 0.6) is 0 Å². The molecule has 0 bridgehead atoms. The molecule has 1 unspecified atom stereocenters. The van der Waals surface area contributed by atoms with Gasteiger partial charge in [0.1, 0.15) is 5.82 Å². The van der Waals surface area contributed by atoms with Crippen molar-refractivity contribution >= 4 is 17.7 Å². The average molecular weight is 338 g/mol. The zero-order valence-corrected chi connectivity index (χ0v) is 13.3. The van der Waals surface area contributed by atoms with Gasteiger partial charge < -0.3 is 0 Å². The Morgan fingerprint density at radius 2 is 1.48 bits per heavy atom. The van der Waals surface area contributed by atoms with Crippen LogP contribution < -0.4 is 0 Å². The molecule has 0 radical (unpaired) electrons. The first-order valence-electron chi connectivity index (χ1n) is 8.13. The fraction of sp³-hybridized carbons (Fsp3) is 0.211. The Morgan fingerprint density at radius 3 is 2.08 bits per heavy atom. The number of hydrogen-bond acceptors (Lipinski definition) is 3. The average Bonchev–Trinajstić information content (AvgIpc) is 2.87. The van der Waals surface area contributed by atoms with Gasteiger partial charge in [0.05, 0.1) is 17.2 Å². The van der Waals surface area contributed by atoms with E-state index in [4.69, 9.17) is 0 Å². The van der Waals surface area contributed by atoms with Crippen LogP contribution in [0.1, 0.15) is 51.6 Å². The van der Waals surface area contributed by atoms with Gasteiger partial charge in [-0.05, 0) is 42.7 Å². The fourth-order valence-electron chi connectivity index (χ4n) is 3.47. The maximum Gasteiger partial charge on any atom is 0.280 e. The molecule has 0 N–H and O–H groups in total. The number of carbonyl (C=O) groups is 3. The van der Waals surface area contributed by atoms with Crippen molar-refractivity contribution in [3.05, 3.63) is 71.0 Å². The molecule has 2 aliphatic rings. The van der Waals surface area contributed by atoms with Gasteiger partial charge in [-0.3, -0.25) is 14.4 Å². The van der Waals surface area contributed by atoms with Gasteiger partial charge in [0.25, 0.3) is 11.8 Å². The summed E-state index contributed by atoms with van der Waals surface area (Å²) in [6, 6.07) is 11.9. The molecule has 1 saturated heterocycles. The van der Waals surface area contributed by atoms with Crippen LogP contribution in [0.2, 0.25) is 0 Å². The minimum absolute atomic E-state index is 0.269. The molecule has 2 aliphatic heterocycles. The second-order valence-electron chi connectivity index (χ2n) is 6.17. The summed E-state index contributed by atoms with van der Waals surface area (Å²) >= 11 is 0. The first kappa shape index (κ1) is 15.5. The van der Waals surface area contributed by atoms with Crippen LogP contribution in [0, 0.1) is 5.82 Å². The lowest BCUT2D eigenvalue weighted by Gasteiger charge is -2.40. The predicted octanol–water partition coefficient (Wildman–Crippen LogP) is 3.09. The largest absolute Gasteiger partial charge is 0.280 e. The molecule has 0 spiro atoms. The van der Waals surface area contributed by atoms with Crippen LogP contribution >= 0.6 is 0 Å². The number of nitrogens with zero attached hydrogens (tertiary/aromatic N) is 2. The minimum Gasteiger partial charge on any atom is -0.273 e. The Morgan fingerprint density at radius 1 is 0.880 bits per heavy atom. The van der Waals surface area contributed by atoms with E-state index < -0.39 is 17.9 Å². The molecular weight excluding hydrogens is 323 g/mol. The molecule has 3 amide bonds. The molecule has 4 rings (SSSR count). The van der Waals surface area contributed by atoms with E-state index in [0.29, 0.717) is 29.5 Å². The summed E-state index contributed by atoms with van der Waals surface area (Å²) < 4.78 is 13.2. The van der Waals surface area contributed by atoms with E-state index in [-0.39, 0.29) is 18.1 Å². The van der Waals surface area contributed by atoms with Crippen LogP contribution in [-0.4, -0.2) is 27.7 Å². The standard InChI is InChI=1S/C19H15FN2O3/c20-13-10-8-12(9-11-13)16-6-3-7-17(23)21(16)22-18(24)14-4-1-2-5-15(14)19(22)25/h1-2,4-5,8-11,16H,3,6-7H2. The van der Waals surface area contributed by atoms with Crippen molar-refractivity contribution in [1.82, 2.24) is 10.0 Å². The fourth-order valence-corrected chi connectivity index (χ4v) is 3.47. The van der Waals surface area contributed by atoms with Gasteiger partial charge in [-0.15, -0.1) is 0 Å². The number of amides is 3. The third-order valence-electron chi connectivity index (χ3n) is 4.66. The number of piperidine rings is 1. The highest BCUT2D eigenvalue weighted by atomic mass is 19.1. The lowest BCUT2D eigenvalue weighted by atomic mass is 9.96. The molecule has 0 saturated carbocycles. The number of hydrazine groups is 1. The smallest absolute Gasteiger partial charge is 0.273 e. The molecule has 126 valence electrons. The van der Waals surface area contributed by atoms with Crippen molar-refractivity contribution < 1.29 is 18.8 Å². The Balaban J connectivity index is 1.76. The summed E-state index contributed by atoms with van der Waals surface area (Å²) in [6.45, 7) is 0. The monoisotopic (exact) mass is 338 g/mol. The van der Waals surface area contributed by atoms with E-state index in [9.17, 15) is 18.8 Å². The summed E-state index contributed by atoms with van der Waals surface area (Å²) in [7, 11) is 0. The van der Waals surface area contributed by atoms with E-state index >= 15 is 0 Å². The van der Waals surface area contributed by atoms with Crippen molar-refractivity contribution in [2.75, 3.05) is 0 Å². The Hall–Kier alpha value is -3.02. The van der Waals surface area contributed by atoms with Crippen LogP contribution in [0.15, 0.2) is 48.5 Å². The second kappa shape index (κ2) is 5.81. The Kier molecular flexibility index (Phi) is 3.60. The topological polar surface area (TPSA) is 57.7 Å². The van der Waals surface area contributed by atoms with Crippen LogP contribution in [0.4, 0.5) is 4.39 Å². The summed E-state index contributed by atoms with van der Waals surface area (Å²) in [6.07, 6.45) is 1.52. The minimum atomic E-state index is -0.497. The van der Waals surface area contributed by atoms with Gasteiger partial charge in [-0.2, -0.15) is 5.01 Å². The maximum absolute atomic E-state index is 13.2. The molecule has 0 aromatic heterocycles. The SMILES string of the molecule is O=C1c2ccccc2C(=O)N1N1C(=O)CCCC1c1ccc(F)cc1. The molecule has 6 heteroatoms. The van der Waals surface area contributed by atoms with E-state index in [0.717, 1.165) is 5.01 Å². The normalized spacial score (nSPS) is 20.2. The molecule has 2 aromatic rings. The number of carbonyl (C=O) groups excluding carboxylic acids is 3. The van der Waals surface area contributed by atoms with Gasteiger partial charge in [0, 0.05) is 6.42 Å². The molecule has 1 fully saturated rings. The van der Waals surface area contributed by atoms with Gasteiger partial charge in [-0.25, -0.2) is 9.40 Å². The van der Waals surface area contributed by atoms with E-state index in [2.05, 4.69) is 0 Å². The number of halogens is 1. The Bertz CT molecular complexity index is 843.